The highest BCUT2D eigenvalue weighted by molar-refractivity contribution is 9.10. The van der Waals surface area contributed by atoms with Gasteiger partial charge in [0.05, 0.1) is 6.61 Å². The van der Waals surface area contributed by atoms with Crippen LogP contribution in [0.5, 0.6) is 5.75 Å². The van der Waals surface area contributed by atoms with Crippen LogP contribution in [0, 0.1) is 0 Å². The summed E-state index contributed by atoms with van der Waals surface area (Å²) >= 11 is 15.5. The van der Waals surface area contributed by atoms with Crippen molar-refractivity contribution in [2.75, 3.05) is 11.9 Å². The van der Waals surface area contributed by atoms with Gasteiger partial charge >= 0.3 is 0 Å². The highest BCUT2D eigenvalue weighted by Gasteiger charge is 2.05. The Morgan fingerprint density at radius 2 is 1.81 bits per heavy atom. The Kier molecular flexibility index (Phi) is 6.22. The molecule has 0 radical (unpaired) electrons. The van der Waals surface area contributed by atoms with E-state index in [1.807, 2.05) is 30.3 Å². The molecule has 1 N–H and O–H groups in total. The third kappa shape index (κ3) is 5.10. The van der Waals surface area contributed by atoms with Crippen LogP contribution in [0.25, 0.3) is 0 Å². The van der Waals surface area contributed by atoms with Gasteiger partial charge in [0.25, 0.3) is 0 Å². The monoisotopic (exact) mass is 387 g/mol. The molecule has 0 aromatic heterocycles. The van der Waals surface area contributed by atoms with E-state index in [2.05, 4.69) is 28.2 Å². The van der Waals surface area contributed by atoms with E-state index >= 15 is 0 Å². The molecule has 112 valence electrons. The molecule has 2 aromatic carbocycles. The summed E-state index contributed by atoms with van der Waals surface area (Å²) in [5, 5.41) is 4.54. The Morgan fingerprint density at radius 1 is 1.10 bits per heavy atom. The maximum Gasteiger partial charge on any atom is 0.124 e. The first kappa shape index (κ1) is 16.5. The van der Waals surface area contributed by atoms with E-state index in [-0.39, 0.29) is 0 Å². The van der Waals surface area contributed by atoms with E-state index in [0.29, 0.717) is 23.2 Å². The molecule has 5 heteroatoms. The Bertz CT molecular complexity index is 599. The summed E-state index contributed by atoms with van der Waals surface area (Å²) in [5.41, 5.74) is 1.96. The van der Waals surface area contributed by atoms with Crippen molar-refractivity contribution in [1.82, 2.24) is 0 Å². The molecule has 0 fully saturated rings. The number of nitrogens with one attached hydrogen (secondary N) is 1. The van der Waals surface area contributed by atoms with Crippen molar-refractivity contribution in [3.63, 3.8) is 0 Å². The SMILES string of the molecule is CCCOc1ccc(Br)cc1CNc1cc(Cl)cc(Cl)c1. The van der Waals surface area contributed by atoms with Crippen molar-refractivity contribution in [3.05, 3.63) is 56.5 Å². The number of benzene rings is 2. The fourth-order valence-electron chi connectivity index (χ4n) is 1.89. The molecule has 0 atom stereocenters. The van der Waals surface area contributed by atoms with Crippen LogP contribution in [-0.4, -0.2) is 6.61 Å². The molecule has 0 saturated heterocycles. The minimum atomic E-state index is 0.613. The van der Waals surface area contributed by atoms with Crippen molar-refractivity contribution < 1.29 is 4.74 Å². The van der Waals surface area contributed by atoms with Gasteiger partial charge in [-0.1, -0.05) is 46.1 Å². The Morgan fingerprint density at radius 3 is 2.48 bits per heavy atom. The fourth-order valence-corrected chi connectivity index (χ4v) is 2.83. The molecule has 2 aromatic rings. The van der Waals surface area contributed by atoms with E-state index in [9.17, 15) is 0 Å². The first-order valence-electron chi connectivity index (χ1n) is 6.69. The van der Waals surface area contributed by atoms with E-state index in [1.54, 1.807) is 6.07 Å². The van der Waals surface area contributed by atoms with Gasteiger partial charge in [0.1, 0.15) is 5.75 Å². The molecule has 0 aliphatic heterocycles. The van der Waals surface area contributed by atoms with Crippen LogP contribution in [0.4, 0.5) is 5.69 Å². The summed E-state index contributed by atoms with van der Waals surface area (Å²) in [6.07, 6.45) is 0.979. The molecular weight excluding hydrogens is 373 g/mol. The summed E-state index contributed by atoms with van der Waals surface area (Å²) in [6, 6.07) is 11.4. The molecule has 0 aliphatic rings. The molecule has 0 saturated carbocycles. The summed E-state index contributed by atoms with van der Waals surface area (Å²) in [7, 11) is 0. The Labute approximate surface area is 143 Å². The van der Waals surface area contributed by atoms with Gasteiger partial charge in [-0.2, -0.15) is 0 Å². The predicted molar refractivity (Wildman–Crippen MR) is 93.7 cm³/mol. The number of anilines is 1. The highest BCUT2D eigenvalue weighted by Crippen LogP contribution is 2.26. The van der Waals surface area contributed by atoms with Crippen LogP contribution in [0.2, 0.25) is 10.0 Å². The first-order valence-corrected chi connectivity index (χ1v) is 8.24. The molecule has 2 rings (SSSR count). The second-order valence-electron chi connectivity index (χ2n) is 4.61. The highest BCUT2D eigenvalue weighted by atomic mass is 79.9. The maximum atomic E-state index is 6.00. The van der Waals surface area contributed by atoms with Gasteiger partial charge in [0.2, 0.25) is 0 Å². The molecule has 0 spiro atoms. The van der Waals surface area contributed by atoms with Gasteiger partial charge in [-0.3, -0.25) is 0 Å². The van der Waals surface area contributed by atoms with Crippen molar-refractivity contribution in [2.45, 2.75) is 19.9 Å². The summed E-state index contributed by atoms with van der Waals surface area (Å²) in [4.78, 5) is 0. The van der Waals surface area contributed by atoms with Crippen LogP contribution >= 0.6 is 39.1 Å². The first-order chi connectivity index (χ1) is 10.1. The summed E-state index contributed by atoms with van der Waals surface area (Å²) in [5.74, 6) is 0.890. The second kappa shape index (κ2) is 7.92. The maximum absolute atomic E-state index is 6.00. The lowest BCUT2D eigenvalue weighted by Crippen LogP contribution is -2.04. The van der Waals surface area contributed by atoms with Gasteiger partial charge in [-0.15, -0.1) is 0 Å². The number of rotatable bonds is 6. The lowest BCUT2D eigenvalue weighted by atomic mass is 10.2. The quantitative estimate of drug-likeness (QED) is 0.639. The van der Waals surface area contributed by atoms with Gasteiger partial charge in [-0.25, -0.2) is 0 Å². The normalized spacial score (nSPS) is 10.5. The zero-order chi connectivity index (χ0) is 15.2. The number of hydrogen-bond acceptors (Lipinski definition) is 2. The summed E-state index contributed by atoms with van der Waals surface area (Å²) in [6.45, 7) is 3.43. The molecule has 21 heavy (non-hydrogen) atoms. The zero-order valence-corrected chi connectivity index (χ0v) is 14.7. The van der Waals surface area contributed by atoms with Gasteiger partial charge in [0, 0.05) is 32.3 Å². The average molecular weight is 389 g/mol. The molecule has 2 nitrogen and oxygen atoms in total. The molecular formula is C16H16BrCl2NO. The van der Waals surface area contributed by atoms with Crippen LogP contribution in [0.15, 0.2) is 40.9 Å². The van der Waals surface area contributed by atoms with Crippen LogP contribution in [0.3, 0.4) is 0 Å². The van der Waals surface area contributed by atoms with E-state index in [1.165, 1.54) is 0 Å². The third-order valence-corrected chi connectivity index (χ3v) is 3.76. The average Bonchev–Trinajstić information content (AvgIpc) is 2.43. The Hall–Kier alpha value is -0.900. The van der Waals surface area contributed by atoms with E-state index in [0.717, 1.165) is 27.9 Å². The number of ether oxygens (including phenoxy) is 1. The van der Waals surface area contributed by atoms with Crippen molar-refractivity contribution >= 4 is 44.8 Å². The molecule has 0 heterocycles. The predicted octanol–water partition coefficient (Wildman–Crippen LogP) is 6.16. The minimum absolute atomic E-state index is 0.613. The lowest BCUT2D eigenvalue weighted by Gasteiger charge is -2.13. The smallest absolute Gasteiger partial charge is 0.124 e. The van der Waals surface area contributed by atoms with Gasteiger partial charge < -0.3 is 10.1 Å². The Balaban J connectivity index is 2.12. The molecule has 0 bridgehead atoms. The van der Waals surface area contributed by atoms with Crippen LogP contribution in [-0.2, 0) is 6.54 Å². The van der Waals surface area contributed by atoms with Crippen LogP contribution in [0.1, 0.15) is 18.9 Å². The fraction of sp³-hybridized carbons (Fsp3) is 0.250. The van der Waals surface area contributed by atoms with Crippen molar-refractivity contribution in [3.8, 4) is 5.75 Å². The van der Waals surface area contributed by atoms with Crippen LogP contribution < -0.4 is 10.1 Å². The van der Waals surface area contributed by atoms with Gasteiger partial charge in [-0.05, 0) is 42.8 Å². The van der Waals surface area contributed by atoms with Crippen molar-refractivity contribution in [1.29, 1.82) is 0 Å². The summed E-state index contributed by atoms with van der Waals surface area (Å²) < 4.78 is 6.78. The third-order valence-electron chi connectivity index (χ3n) is 2.83. The molecule has 0 aliphatic carbocycles. The number of hydrogen-bond donors (Lipinski definition) is 1. The molecule has 0 amide bonds. The standard InChI is InChI=1S/C16H16BrCl2NO/c1-2-5-21-16-4-3-12(17)6-11(16)10-20-15-8-13(18)7-14(19)9-15/h3-4,6-9,20H,2,5,10H2,1H3. The molecule has 0 unspecified atom stereocenters. The largest absolute Gasteiger partial charge is 0.493 e. The van der Waals surface area contributed by atoms with Crippen molar-refractivity contribution in [2.24, 2.45) is 0 Å². The van der Waals surface area contributed by atoms with E-state index < -0.39 is 0 Å². The van der Waals surface area contributed by atoms with Gasteiger partial charge in [0.15, 0.2) is 0 Å². The lowest BCUT2D eigenvalue weighted by molar-refractivity contribution is 0.314. The second-order valence-corrected chi connectivity index (χ2v) is 6.40. The van der Waals surface area contributed by atoms with E-state index in [4.69, 9.17) is 27.9 Å². The number of halogens is 3. The topological polar surface area (TPSA) is 21.3 Å². The zero-order valence-electron chi connectivity index (χ0n) is 11.6. The minimum Gasteiger partial charge on any atom is -0.493 e.